The van der Waals surface area contributed by atoms with Gasteiger partial charge in [-0.3, -0.25) is 4.79 Å². The number of alkyl carbamates (subject to hydrolysis) is 1. The third kappa shape index (κ3) is 9.58. The quantitative estimate of drug-likeness (QED) is 0.366. The highest BCUT2D eigenvalue weighted by Crippen LogP contribution is 2.24. The van der Waals surface area contributed by atoms with Crippen LogP contribution in [0.3, 0.4) is 0 Å². The molecule has 2 atom stereocenters. The minimum absolute atomic E-state index is 0.349. The molecule has 0 aliphatic heterocycles. The Morgan fingerprint density at radius 3 is 2.32 bits per heavy atom. The van der Waals surface area contributed by atoms with Gasteiger partial charge in [0, 0.05) is 6.92 Å². The van der Waals surface area contributed by atoms with Gasteiger partial charge in [0.25, 0.3) is 0 Å². The van der Waals surface area contributed by atoms with Crippen LogP contribution in [0.25, 0.3) is 0 Å². The summed E-state index contributed by atoms with van der Waals surface area (Å²) in [7, 11) is -2.34. The molecule has 0 aromatic heterocycles. The first kappa shape index (κ1) is 18.0. The number of alkyl halides is 1. The zero-order valence-corrected chi connectivity index (χ0v) is 11.9. The van der Waals surface area contributed by atoms with Crippen LogP contribution in [0.1, 0.15) is 20.8 Å². The summed E-state index contributed by atoms with van der Waals surface area (Å²) in [5, 5.41) is 2.08. The maximum atomic E-state index is 13.0. The highest BCUT2D eigenvalue weighted by Gasteiger charge is 2.18. The number of carbonyl (C=O) groups is 2. The van der Waals surface area contributed by atoms with E-state index in [1.165, 1.54) is 6.92 Å². The summed E-state index contributed by atoms with van der Waals surface area (Å²) in [4.78, 5) is 39.5. The molecule has 0 heterocycles. The van der Waals surface area contributed by atoms with E-state index in [9.17, 15) is 14.0 Å². The fourth-order valence-electron chi connectivity index (χ4n) is 0.952. The largest absolute Gasteiger partial charge is 0.425 e. The molecule has 0 saturated carbocycles. The van der Waals surface area contributed by atoms with Crippen molar-refractivity contribution in [2.45, 2.75) is 33.2 Å². The number of ether oxygens (including phenoxy) is 2. The fourth-order valence-corrected chi connectivity index (χ4v) is 1.44. The summed E-state index contributed by atoms with van der Waals surface area (Å²) >= 11 is 0. The number of hydrogen-bond acceptors (Lipinski definition) is 6. The van der Waals surface area contributed by atoms with E-state index in [1.54, 1.807) is 13.8 Å². The van der Waals surface area contributed by atoms with Crippen LogP contribution in [0.15, 0.2) is 0 Å². The molecule has 0 saturated heterocycles. The molecule has 1 amide bonds. The molecule has 0 aliphatic rings. The number of hydrogen-bond donors (Lipinski definition) is 3. The molecular weight excluding hydrogens is 280 g/mol. The first-order valence-electron chi connectivity index (χ1n) is 5.66. The number of rotatable bonds is 7. The Morgan fingerprint density at radius 1 is 1.26 bits per heavy atom. The lowest BCUT2D eigenvalue weighted by atomic mass is 10.2. The van der Waals surface area contributed by atoms with Crippen LogP contribution in [0.4, 0.5) is 9.18 Å². The lowest BCUT2D eigenvalue weighted by Crippen LogP contribution is -2.35. The first-order chi connectivity index (χ1) is 8.72. The zero-order chi connectivity index (χ0) is 15.0. The minimum Gasteiger partial charge on any atom is -0.425 e. The van der Waals surface area contributed by atoms with Crippen molar-refractivity contribution >= 4 is 20.4 Å². The Balaban J connectivity index is 3.88. The second-order valence-electron chi connectivity index (χ2n) is 4.10. The van der Waals surface area contributed by atoms with Gasteiger partial charge in [0.05, 0.1) is 18.6 Å². The highest BCUT2D eigenvalue weighted by molar-refractivity contribution is 7.45. The number of nitrogens with one attached hydrogen (secondary N) is 1. The van der Waals surface area contributed by atoms with Crippen molar-refractivity contribution in [1.29, 1.82) is 0 Å². The Kier molecular flexibility index (Phi) is 8.54. The third-order valence-corrected chi connectivity index (χ3v) is 2.58. The van der Waals surface area contributed by atoms with Gasteiger partial charge in [-0.1, -0.05) is 13.8 Å². The maximum absolute atomic E-state index is 13.0. The summed E-state index contributed by atoms with van der Waals surface area (Å²) < 4.78 is 22.4. The Hall–Kier alpha value is -0.980. The zero-order valence-electron chi connectivity index (χ0n) is 11.0. The smallest absolute Gasteiger partial charge is 0.410 e. The van der Waals surface area contributed by atoms with Gasteiger partial charge < -0.3 is 24.6 Å². The summed E-state index contributed by atoms with van der Waals surface area (Å²) in [6, 6.07) is 0. The summed E-state index contributed by atoms with van der Waals surface area (Å²) in [6.45, 7) is 4.20. The molecule has 0 radical (unpaired) electrons. The van der Waals surface area contributed by atoms with Crippen LogP contribution in [-0.4, -0.2) is 47.0 Å². The monoisotopic (exact) mass is 299 g/mol. The van der Waals surface area contributed by atoms with Gasteiger partial charge in [0.15, 0.2) is 8.38 Å². The van der Waals surface area contributed by atoms with Crippen LogP contribution >= 0.6 is 8.38 Å². The molecule has 0 aliphatic carbocycles. The van der Waals surface area contributed by atoms with E-state index in [0.717, 1.165) is 0 Å². The van der Waals surface area contributed by atoms with Gasteiger partial charge in [-0.2, -0.15) is 0 Å². The third-order valence-electron chi connectivity index (χ3n) is 1.86. The normalized spacial score (nSPS) is 14.1. The van der Waals surface area contributed by atoms with Crippen LogP contribution < -0.4 is 5.32 Å². The highest BCUT2D eigenvalue weighted by atomic mass is 31.2. The first-order valence-corrected chi connectivity index (χ1v) is 7.10. The number of halogens is 1. The Morgan fingerprint density at radius 2 is 1.84 bits per heavy atom. The van der Waals surface area contributed by atoms with E-state index in [2.05, 4.69) is 10.1 Å². The van der Waals surface area contributed by atoms with Gasteiger partial charge in [-0.25, -0.2) is 9.18 Å². The molecule has 0 spiro atoms. The van der Waals surface area contributed by atoms with E-state index >= 15 is 0 Å². The van der Waals surface area contributed by atoms with Crippen LogP contribution in [0.2, 0.25) is 0 Å². The van der Waals surface area contributed by atoms with Crippen molar-refractivity contribution < 1.29 is 33.2 Å². The molecule has 0 bridgehead atoms. The lowest BCUT2D eigenvalue weighted by molar-refractivity contribution is -0.168. The molecule has 0 fully saturated rings. The standard InChI is InChI=1S/C10H19FNO6P/c1-6(2)9(13)17-7(3)18-10(14)12-4-8(11)5-19(15)16/h6-8,15-16H,4-5H2,1-3H3,(H,12,14)/t7?,8-/m0/s1. The SMILES string of the molecule is CC(OC(=O)NC[C@H](F)CP(O)O)OC(=O)C(C)C. The lowest BCUT2D eigenvalue weighted by Gasteiger charge is -2.16. The summed E-state index contributed by atoms with van der Waals surface area (Å²) in [5.41, 5.74) is 0. The number of amides is 1. The molecule has 1 unspecified atom stereocenters. The van der Waals surface area contributed by atoms with E-state index in [4.69, 9.17) is 14.5 Å². The van der Waals surface area contributed by atoms with Gasteiger partial charge in [0.1, 0.15) is 6.17 Å². The molecule has 112 valence electrons. The average Bonchev–Trinajstić information content (AvgIpc) is 2.24. The van der Waals surface area contributed by atoms with Crippen molar-refractivity contribution in [2.24, 2.45) is 5.92 Å². The van der Waals surface area contributed by atoms with Crippen molar-refractivity contribution in [3.05, 3.63) is 0 Å². The Labute approximate surface area is 112 Å². The molecule has 0 rings (SSSR count). The van der Waals surface area contributed by atoms with E-state index in [0.29, 0.717) is 0 Å². The average molecular weight is 299 g/mol. The molecule has 0 aromatic rings. The Bertz CT molecular complexity index is 302. The van der Waals surface area contributed by atoms with Crippen molar-refractivity contribution in [3.63, 3.8) is 0 Å². The molecule has 9 heteroatoms. The van der Waals surface area contributed by atoms with E-state index in [-0.39, 0.29) is 5.92 Å². The minimum atomic E-state index is -2.34. The molecule has 19 heavy (non-hydrogen) atoms. The molecular formula is C10H19FNO6P. The molecule has 7 nitrogen and oxygen atoms in total. The predicted molar refractivity (Wildman–Crippen MR) is 66.0 cm³/mol. The van der Waals surface area contributed by atoms with Crippen LogP contribution in [-0.2, 0) is 14.3 Å². The van der Waals surface area contributed by atoms with E-state index < -0.39 is 45.6 Å². The maximum Gasteiger partial charge on any atom is 0.410 e. The second-order valence-corrected chi connectivity index (χ2v) is 5.21. The number of carbonyl (C=O) groups excluding carboxylic acids is 2. The van der Waals surface area contributed by atoms with Gasteiger partial charge in [0.2, 0.25) is 6.29 Å². The van der Waals surface area contributed by atoms with E-state index in [1.807, 2.05) is 0 Å². The van der Waals surface area contributed by atoms with Gasteiger partial charge in [-0.05, 0) is 0 Å². The van der Waals surface area contributed by atoms with Gasteiger partial charge in [-0.15, -0.1) is 0 Å². The summed E-state index contributed by atoms with van der Waals surface area (Å²) in [6.07, 6.45) is -4.07. The topological polar surface area (TPSA) is 105 Å². The van der Waals surface area contributed by atoms with Gasteiger partial charge >= 0.3 is 12.1 Å². The molecule has 0 aromatic carbocycles. The van der Waals surface area contributed by atoms with Crippen molar-refractivity contribution in [2.75, 3.05) is 12.7 Å². The van der Waals surface area contributed by atoms with Crippen molar-refractivity contribution in [1.82, 2.24) is 5.32 Å². The fraction of sp³-hybridized carbons (Fsp3) is 0.800. The number of esters is 1. The van der Waals surface area contributed by atoms with Crippen LogP contribution in [0, 0.1) is 5.92 Å². The summed E-state index contributed by atoms with van der Waals surface area (Å²) in [5.74, 6) is -0.868. The predicted octanol–water partition coefficient (Wildman–Crippen LogP) is 0.892. The molecule has 3 N–H and O–H groups in total. The second kappa shape index (κ2) is 9.01. The van der Waals surface area contributed by atoms with Crippen LogP contribution in [0.5, 0.6) is 0 Å². The van der Waals surface area contributed by atoms with Crippen molar-refractivity contribution in [3.8, 4) is 0 Å².